The first kappa shape index (κ1) is 35.0. The van der Waals surface area contributed by atoms with Gasteiger partial charge in [0.05, 0.1) is 12.1 Å². The SMILES string of the molecule is CC(C)NC(=O)Nc1cc(-c2nc(C(F)(F)F)cs2)c(-c2ccc3c(c2)c(=O)c(C(=O)NCCO)cn3CCC2CCN(C)CC2)cn1. The second-order valence-corrected chi connectivity index (χ2v) is 13.1. The number of aryl methyl sites for hydroxylation is 1. The molecule has 4 heterocycles. The van der Waals surface area contributed by atoms with Crippen LogP contribution in [0.4, 0.5) is 23.8 Å². The molecule has 0 saturated carbocycles. The largest absolute Gasteiger partial charge is 0.434 e. The summed E-state index contributed by atoms with van der Waals surface area (Å²) in [5.41, 5.74) is 0.0408. The van der Waals surface area contributed by atoms with E-state index in [9.17, 15) is 32.7 Å². The zero-order valence-corrected chi connectivity index (χ0v) is 27.7. The number of alkyl halides is 3. The summed E-state index contributed by atoms with van der Waals surface area (Å²) < 4.78 is 42.5. The number of hydrogen-bond donors (Lipinski definition) is 4. The molecule has 11 nitrogen and oxygen atoms in total. The van der Waals surface area contributed by atoms with E-state index in [1.807, 2.05) is 4.57 Å². The number of urea groups is 1. The summed E-state index contributed by atoms with van der Waals surface area (Å²) in [5, 5.41) is 18.3. The lowest BCUT2D eigenvalue weighted by Gasteiger charge is -2.29. The Kier molecular flexibility index (Phi) is 10.8. The molecule has 15 heteroatoms. The number of piperidine rings is 1. The maximum absolute atomic E-state index is 13.8. The molecule has 3 amide bonds. The summed E-state index contributed by atoms with van der Waals surface area (Å²) in [5.74, 6) is -0.0326. The minimum Gasteiger partial charge on any atom is -0.395 e. The molecule has 0 unspecified atom stereocenters. The van der Waals surface area contributed by atoms with Gasteiger partial charge in [-0.2, -0.15) is 13.2 Å². The normalized spacial score (nSPS) is 14.4. The van der Waals surface area contributed by atoms with Gasteiger partial charge < -0.3 is 25.2 Å². The fraction of sp³-hybridized carbons (Fsp3) is 0.424. The number of aliphatic hydroxyl groups is 1. The molecular weight excluding hydrogens is 647 g/mol. The maximum Gasteiger partial charge on any atom is 0.434 e. The molecule has 3 aromatic heterocycles. The van der Waals surface area contributed by atoms with E-state index in [0.717, 1.165) is 49.1 Å². The van der Waals surface area contributed by atoms with Crippen molar-refractivity contribution in [2.24, 2.45) is 5.92 Å². The summed E-state index contributed by atoms with van der Waals surface area (Å²) in [6.07, 6.45) is 1.26. The number of hydrogen-bond acceptors (Lipinski definition) is 8. The van der Waals surface area contributed by atoms with Crippen molar-refractivity contribution in [2.45, 2.75) is 51.9 Å². The molecule has 1 aliphatic rings. The molecular formula is C33H38F3N7O4S. The second kappa shape index (κ2) is 14.8. The molecule has 0 bridgehead atoms. The Labute approximate surface area is 279 Å². The molecule has 0 atom stereocenters. The first-order chi connectivity index (χ1) is 22.8. The summed E-state index contributed by atoms with van der Waals surface area (Å²) >= 11 is 0.791. The number of aromatic nitrogens is 3. The van der Waals surface area contributed by atoms with E-state index in [0.29, 0.717) is 29.1 Å². The van der Waals surface area contributed by atoms with Gasteiger partial charge in [0.15, 0.2) is 5.69 Å². The standard InChI is InChI=1S/C33H38F3N7O4S/c1-19(2)39-32(47)41-28-15-22(31-40-27(18-48-31)33(34,35)36)24(16-38-28)21-4-5-26-23(14-21)29(45)25(30(46)37-9-13-44)17-43(26)12-8-20-6-10-42(3)11-7-20/h4-5,14-20,44H,6-13H2,1-3H3,(H,37,46)(H2,38,39,41,47). The van der Waals surface area contributed by atoms with Crippen LogP contribution in [0.5, 0.6) is 0 Å². The Hall–Kier alpha value is -4.34. The van der Waals surface area contributed by atoms with Crippen LogP contribution in [0.3, 0.4) is 0 Å². The number of thiazole rings is 1. The number of carbonyl (C=O) groups is 2. The molecule has 1 saturated heterocycles. The average Bonchev–Trinajstić information content (AvgIpc) is 3.55. The number of halogens is 3. The van der Waals surface area contributed by atoms with Crippen molar-refractivity contribution >= 4 is 40.0 Å². The Morgan fingerprint density at radius 2 is 1.90 bits per heavy atom. The van der Waals surface area contributed by atoms with E-state index in [1.165, 1.54) is 12.3 Å². The number of carbonyl (C=O) groups excluding carboxylic acids is 2. The van der Waals surface area contributed by atoms with E-state index in [2.05, 4.69) is 37.9 Å². The fourth-order valence-electron chi connectivity index (χ4n) is 5.72. The monoisotopic (exact) mass is 685 g/mol. The Balaban J connectivity index is 1.60. The molecule has 48 heavy (non-hydrogen) atoms. The number of rotatable bonds is 10. The lowest BCUT2D eigenvalue weighted by molar-refractivity contribution is -0.140. The highest BCUT2D eigenvalue weighted by Crippen LogP contribution is 2.39. The summed E-state index contributed by atoms with van der Waals surface area (Å²) in [6, 6.07) is 5.84. The number of aliphatic hydroxyl groups excluding tert-OH is 1. The van der Waals surface area contributed by atoms with Crippen LogP contribution in [-0.2, 0) is 12.7 Å². The quantitative estimate of drug-likeness (QED) is 0.180. The van der Waals surface area contributed by atoms with Gasteiger partial charge in [0.2, 0.25) is 5.43 Å². The van der Waals surface area contributed by atoms with E-state index in [-0.39, 0.29) is 46.5 Å². The van der Waals surface area contributed by atoms with Gasteiger partial charge in [-0.1, -0.05) is 6.07 Å². The van der Waals surface area contributed by atoms with E-state index < -0.39 is 29.2 Å². The zero-order chi connectivity index (χ0) is 34.6. The first-order valence-corrected chi connectivity index (χ1v) is 16.6. The highest BCUT2D eigenvalue weighted by atomic mass is 32.1. The average molecular weight is 686 g/mol. The summed E-state index contributed by atoms with van der Waals surface area (Å²) in [4.78, 5) is 49.7. The number of fused-ring (bicyclic) bond motifs is 1. The number of nitrogens with zero attached hydrogens (tertiary/aromatic N) is 4. The van der Waals surface area contributed by atoms with Crippen molar-refractivity contribution in [3.63, 3.8) is 0 Å². The summed E-state index contributed by atoms with van der Waals surface area (Å²) in [7, 11) is 2.10. The predicted octanol–water partition coefficient (Wildman–Crippen LogP) is 5.19. The van der Waals surface area contributed by atoms with Gasteiger partial charge in [-0.15, -0.1) is 11.3 Å². The topological polar surface area (TPSA) is 141 Å². The third kappa shape index (κ3) is 8.20. The van der Waals surface area contributed by atoms with Gasteiger partial charge in [-0.05, 0) is 82.9 Å². The predicted molar refractivity (Wildman–Crippen MR) is 179 cm³/mol. The van der Waals surface area contributed by atoms with Crippen LogP contribution in [0.2, 0.25) is 0 Å². The van der Waals surface area contributed by atoms with Gasteiger partial charge >= 0.3 is 12.2 Å². The third-order valence-electron chi connectivity index (χ3n) is 8.24. The van der Waals surface area contributed by atoms with Crippen LogP contribution in [0.1, 0.15) is 49.2 Å². The Morgan fingerprint density at radius 1 is 1.15 bits per heavy atom. The number of nitrogens with one attached hydrogen (secondary N) is 3. The van der Waals surface area contributed by atoms with Gasteiger partial charge in [-0.25, -0.2) is 14.8 Å². The third-order valence-corrected chi connectivity index (χ3v) is 9.12. The van der Waals surface area contributed by atoms with Crippen molar-refractivity contribution in [1.82, 2.24) is 30.1 Å². The number of likely N-dealkylation sites (tertiary alicyclic amines) is 1. The number of anilines is 1. The van der Waals surface area contributed by atoms with Crippen LogP contribution >= 0.6 is 11.3 Å². The minimum atomic E-state index is -4.66. The number of benzene rings is 1. The highest BCUT2D eigenvalue weighted by Gasteiger charge is 2.34. The van der Waals surface area contributed by atoms with E-state index >= 15 is 0 Å². The number of amides is 3. The van der Waals surface area contributed by atoms with Crippen LogP contribution in [0.15, 0.2) is 46.8 Å². The highest BCUT2D eigenvalue weighted by molar-refractivity contribution is 7.13. The van der Waals surface area contributed by atoms with Crippen molar-refractivity contribution < 1.29 is 27.9 Å². The smallest absolute Gasteiger partial charge is 0.395 e. The van der Waals surface area contributed by atoms with Crippen molar-refractivity contribution in [3.05, 3.63) is 63.5 Å². The fourth-order valence-corrected chi connectivity index (χ4v) is 6.58. The van der Waals surface area contributed by atoms with Crippen molar-refractivity contribution in [1.29, 1.82) is 0 Å². The maximum atomic E-state index is 13.8. The second-order valence-electron chi connectivity index (χ2n) is 12.2. The van der Waals surface area contributed by atoms with Crippen molar-refractivity contribution in [2.75, 3.05) is 38.6 Å². The van der Waals surface area contributed by atoms with Gasteiger partial charge in [0.1, 0.15) is 16.4 Å². The molecule has 256 valence electrons. The molecule has 0 aliphatic carbocycles. The first-order valence-electron chi connectivity index (χ1n) is 15.7. The molecule has 1 aromatic carbocycles. The molecule has 1 fully saturated rings. The van der Waals surface area contributed by atoms with Gasteiger partial charge in [-0.3, -0.25) is 14.9 Å². The minimum absolute atomic E-state index is 0.0235. The van der Waals surface area contributed by atoms with E-state index in [4.69, 9.17) is 0 Å². The lowest BCUT2D eigenvalue weighted by atomic mass is 9.93. The Bertz CT molecular complexity index is 1850. The molecule has 4 aromatic rings. The van der Waals surface area contributed by atoms with Crippen LogP contribution in [0, 0.1) is 5.92 Å². The van der Waals surface area contributed by atoms with Gasteiger partial charge in [0.25, 0.3) is 5.91 Å². The van der Waals surface area contributed by atoms with Crippen LogP contribution in [0.25, 0.3) is 32.6 Å². The van der Waals surface area contributed by atoms with Gasteiger partial charge in [0, 0.05) is 53.4 Å². The lowest BCUT2D eigenvalue weighted by Crippen LogP contribution is -2.34. The molecule has 1 aliphatic heterocycles. The van der Waals surface area contributed by atoms with Crippen LogP contribution < -0.4 is 21.4 Å². The summed E-state index contributed by atoms with van der Waals surface area (Å²) in [6.45, 7) is 5.81. The van der Waals surface area contributed by atoms with E-state index in [1.54, 1.807) is 38.2 Å². The number of pyridine rings is 2. The van der Waals surface area contributed by atoms with Crippen molar-refractivity contribution in [3.8, 4) is 21.7 Å². The molecule has 4 N–H and O–H groups in total. The molecule has 0 radical (unpaired) electrons. The van der Waals surface area contributed by atoms with Crippen LogP contribution in [-0.4, -0.2) is 75.8 Å². The Morgan fingerprint density at radius 3 is 2.56 bits per heavy atom. The molecule has 5 rings (SSSR count). The zero-order valence-electron chi connectivity index (χ0n) is 26.9. The molecule has 0 spiro atoms.